The van der Waals surface area contributed by atoms with Crippen molar-refractivity contribution < 1.29 is 9.21 Å². The summed E-state index contributed by atoms with van der Waals surface area (Å²) in [5.74, 6) is 0.717. The molecule has 2 amide bonds. The molecule has 1 aliphatic heterocycles. The van der Waals surface area contributed by atoms with Gasteiger partial charge in [0, 0.05) is 26.2 Å². The van der Waals surface area contributed by atoms with Crippen molar-refractivity contribution in [3.63, 3.8) is 0 Å². The molecule has 3 aromatic rings. The second-order valence-corrected chi connectivity index (χ2v) is 7.14. The maximum atomic E-state index is 12.9. The Balaban J connectivity index is 1.43. The van der Waals surface area contributed by atoms with Crippen molar-refractivity contribution in [3.05, 3.63) is 89.3 Å². The normalized spacial score (nSPS) is 15.3. The monoisotopic (exact) mass is 395 g/mol. The van der Waals surface area contributed by atoms with Gasteiger partial charge in [0.05, 0.1) is 17.0 Å². The Kier molecular flexibility index (Phi) is 5.53. The number of nitrogens with zero attached hydrogens (tertiary/aromatic N) is 2. The number of benzene rings is 2. The molecule has 1 atom stereocenters. The number of hydrogen-bond acceptors (Lipinski definition) is 3. The van der Waals surface area contributed by atoms with Gasteiger partial charge in [-0.25, -0.2) is 4.79 Å². The summed E-state index contributed by atoms with van der Waals surface area (Å²) in [6, 6.07) is 21.0. The van der Waals surface area contributed by atoms with Crippen LogP contribution in [0.1, 0.15) is 17.4 Å². The number of anilines is 1. The Morgan fingerprint density at radius 2 is 1.64 bits per heavy atom. The molecule has 1 unspecified atom stereocenters. The number of halogens is 1. The van der Waals surface area contributed by atoms with Crippen molar-refractivity contribution in [1.29, 1.82) is 0 Å². The Labute approximate surface area is 169 Å². The van der Waals surface area contributed by atoms with Gasteiger partial charge in [-0.1, -0.05) is 54.1 Å². The largest absolute Gasteiger partial charge is 0.467 e. The average Bonchev–Trinajstić information content (AvgIpc) is 3.27. The number of amides is 2. The van der Waals surface area contributed by atoms with Gasteiger partial charge in [0.25, 0.3) is 0 Å². The van der Waals surface area contributed by atoms with E-state index in [9.17, 15) is 4.79 Å². The van der Waals surface area contributed by atoms with Gasteiger partial charge in [-0.3, -0.25) is 0 Å². The van der Waals surface area contributed by atoms with Crippen molar-refractivity contribution >= 4 is 23.3 Å². The van der Waals surface area contributed by atoms with E-state index >= 15 is 0 Å². The van der Waals surface area contributed by atoms with Gasteiger partial charge in [0.1, 0.15) is 11.8 Å². The summed E-state index contributed by atoms with van der Waals surface area (Å²) in [6.45, 7) is 2.76. The van der Waals surface area contributed by atoms with Gasteiger partial charge >= 0.3 is 6.03 Å². The van der Waals surface area contributed by atoms with Crippen molar-refractivity contribution in [3.8, 4) is 0 Å². The standard InChI is InChI=1S/C22H22ClN3O2/c23-18-9-4-5-10-19(18)25-12-14-26(15-13-25)22(27)24-21(20-11-6-16-28-20)17-7-2-1-3-8-17/h1-11,16,21H,12-15H2,(H,24,27). The number of carbonyl (C=O) groups is 1. The Hall–Kier alpha value is -2.92. The molecule has 28 heavy (non-hydrogen) atoms. The first kappa shape index (κ1) is 18.4. The molecule has 0 bridgehead atoms. The summed E-state index contributed by atoms with van der Waals surface area (Å²) in [7, 11) is 0. The predicted octanol–water partition coefficient (Wildman–Crippen LogP) is 4.55. The number of piperazine rings is 1. The lowest BCUT2D eigenvalue weighted by atomic mass is 10.0. The number of nitrogens with one attached hydrogen (secondary N) is 1. The fraction of sp³-hybridized carbons (Fsp3) is 0.227. The fourth-order valence-electron chi connectivity index (χ4n) is 3.49. The lowest BCUT2D eigenvalue weighted by Gasteiger charge is -2.37. The van der Waals surface area contributed by atoms with Gasteiger partial charge in [-0.2, -0.15) is 0 Å². The lowest BCUT2D eigenvalue weighted by molar-refractivity contribution is 0.190. The van der Waals surface area contributed by atoms with E-state index in [1.807, 2.05) is 71.6 Å². The third-order valence-corrected chi connectivity index (χ3v) is 5.31. The smallest absolute Gasteiger partial charge is 0.318 e. The van der Waals surface area contributed by atoms with Gasteiger partial charge in [0.15, 0.2) is 0 Å². The quantitative estimate of drug-likeness (QED) is 0.704. The topological polar surface area (TPSA) is 48.7 Å². The number of furan rings is 1. The number of urea groups is 1. The summed E-state index contributed by atoms with van der Waals surface area (Å²) in [5.41, 5.74) is 2.00. The minimum absolute atomic E-state index is 0.0935. The summed E-state index contributed by atoms with van der Waals surface area (Å²) in [4.78, 5) is 17.0. The molecular weight excluding hydrogens is 374 g/mol. The van der Waals surface area contributed by atoms with Crippen LogP contribution in [0.2, 0.25) is 5.02 Å². The van der Waals surface area contributed by atoms with E-state index in [0.29, 0.717) is 18.8 Å². The lowest BCUT2D eigenvalue weighted by Crippen LogP contribution is -2.52. The van der Waals surface area contributed by atoms with Crippen LogP contribution in [0.4, 0.5) is 10.5 Å². The first-order chi connectivity index (χ1) is 13.7. The average molecular weight is 396 g/mol. The second-order valence-electron chi connectivity index (χ2n) is 6.73. The number of rotatable bonds is 4. The molecule has 2 aromatic carbocycles. The summed E-state index contributed by atoms with van der Waals surface area (Å²) >= 11 is 6.31. The summed E-state index contributed by atoms with van der Waals surface area (Å²) in [5, 5.41) is 3.86. The molecule has 0 saturated carbocycles. The molecule has 4 rings (SSSR count). The molecule has 2 heterocycles. The van der Waals surface area contributed by atoms with Crippen LogP contribution < -0.4 is 10.2 Å². The molecule has 0 aliphatic carbocycles. The zero-order chi connectivity index (χ0) is 19.3. The van der Waals surface area contributed by atoms with Crippen LogP contribution in [-0.4, -0.2) is 37.1 Å². The third-order valence-electron chi connectivity index (χ3n) is 4.99. The zero-order valence-electron chi connectivity index (χ0n) is 15.4. The number of hydrogen-bond donors (Lipinski definition) is 1. The molecule has 1 aliphatic rings. The van der Waals surface area contributed by atoms with E-state index in [1.165, 1.54) is 0 Å². The van der Waals surface area contributed by atoms with Crippen LogP contribution in [0.5, 0.6) is 0 Å². The van der Waals surface area contributed by atoms with Gasteiger partial charge in [0.2, 0.25) is 0 Å². The van der Waals surface area contributed by atoms with E-state index in [0.717, 1.165) is 29.4 Å². The first-order valence-corrected chi connectivity index (χ1v) is 9.73. The maximum Gasteiger partial charge on any atom is 0.318 e. The first-order valence-electron chi connectivity index (χ1n) is 9.35. The molecule has 1 saturated heterocycles. The minimum Gasteiger partial charge on any atom is -0.467 e. The molecule has 144 valence electrons. The van der Waals surface area contributed by atoms with Crippen molar-refractivity contribution in [2.45, 2.75) is 6.04 Å². The Morgan fingerprint density at radius 3 is 2.32 bits per heavy atom. The van der Waals surface area contributed by atoms with Crippen molar-refractivity contribution in [2.24, 2.45) is 0 Å². The molecular formula is C22H22ClN3O2. The fourth-order valence-corrected chi connectivity index (χ4v) is 3.75. The van der Waals surface area contributed by atoms with Gasteiger partial charge < -0.3 is 19.5 Å². The molecule has 0 spiro atoms. The maximum absolute atomic E-state index is 12.9. The van der Waals surface area contributed by atoms with E-state index in [-0.39, 0.29) is 12.1 Å². The van der Waals surface area contributed by atoms with Crippen LogP contribution in [0.25, 0.3) is 0 Å². The number of para-hydroxylation sites is 1. The highest BCUT2D eigenvalue weighted by molar-refractivity contribution is 6.33. The highest BCUT2D eigenvalue weighted by atomic mass is 35.5. The van der Waals surface area contributed by atoms with Gasteiger partial charge in [-0.05, 0) is 29.8 Å². The highest BCUT2D eigenvalue weighted by Gasteiger charge is 2.26. The van der Waals surface area contributed by atoms with E-state index in [4.69, 9.17) is 16.0 Å². The Bertz CT molecular complexity index is 907. The van der Waals surface area contributed by atoms with Crippen LogP contribution in [-0.2, 0) is 0 Å². The second kappa shape index (κ2) is 8.40. The van der Waals surface area contributed by atoms with Crippen molar-refractivity contribution in [2.75, 3.05) is 31.1 Å². The molecule has 1 N–H and O–H groups in total. The van der Waals surface area contributed by atoms with E-state index in [1.54, 1.807) is 6.26 Å². The zero-order valence-corrected chi connectivity index (χ0v) is 16.2. The molecule has 6 heteroatoms. The Morgan fingerprint density at radius 1 is 0.929 bits per heavy atom. The van der Waals surface area contributed by atoms with Crippen LogP contribution in [0.15, 0.2) is 77.4 Å². The van der Waals surface area contributed by atoms with Gasteiger partial charge in [-0.15, -0.1) is 0 Å². The minimum atomic E-state index is -0.315. The number of carbonyl (C=O) groups excluding carboxylic acids is 1. The van der Waals surface area contributed by atoms with Crippen LogP contribution in [0, 0.1) is 0 Å². The van der Waals surface area contributed by atoms with Crippen molar-refractivity contribution in [1.82, 2.24) is 10.2 Å². The third kappa shape index (κ3) is 3.99. The molecule has 0 radical (unpaired) electrons. The predicted molar refractivity (Wildman–Crippen MR) is 111 cm³/mol. The van der Waals surface area contributed by atoms with Crippen LogP contribution >= 0.6 is 11.6 Å². The molecule has 5 nitrogen and oxygen atoms in total. The molecule has 1 fully saturated rings. The highest BCUT2D eigenvalue weighted by Crippen LogP contribution is 2.26. The van der Waals surface area contributed by atoms with E-state index < -0.39 is 0 Å². The van der Waals surface area contributed by atoms with E-state index in [2.05, 4.69) is 10.2 Å². The van der Waals surface area contributed by atoms with Crippen LogP contribution in [0.3, 0.4) is 0 Å². The molecule has 1 aromatic heterocycles. The SMILES string of the molecule is O=C(NC(c1ccccc1)c1ccco1)N1CCN(c2ccccc2Cl)CC1. The summed E-state index contributed by atoms with van der Waals surface area (Å²) in [6.07, 6.45) is 1.62. The summed E-state index contributed by atoms with van der Waals surface area (Å²) < 4.78 is 5.57.